The molecule has 3 aromatic carbocycles. The molecule has 3 aromatic rings. The average molecular weight is 564 g/mol. The SMILES string of the molecule is COc1cc(C(=O)N2CC(N(C)Cc3ccc(Cl)c(Cl)c3)[C@@H](c3ccc(Cl)cc3)C2)cc(OC)c1OC. The third kappa shape index (κ3) is 5.93. The summed E-state index contributed by atoms with van der Waals surface area (Å²) in [7, 11) is 6.66. The number of benzene rings is 3. The number of halogens is 3. The van der Waals surface area contributed by atoms with Crippen molar-refractivity contribution >= 4 is 40.7 Å². The predicted molar refractivity (Wildman–Crippen MR) is 148 cm³/mol. The van der Waals surface area contributed by atoms with Crippen molar-refractivity contribution in [2.75, 3.05) is 41.5 Å². The van der Waals surface area contributed by atoms with Crippen molar-refractivity contribution in [2.24, 2.45) is 0 Å². The number of carbonyl (C=O) groups is 1. The van der Waals surface area contributed by atoms with E-state index in [4.69, 9.17) is 49.0 Å². The minimum Gasteiger partial charge on any atom is -0.493 e. The first-order valence-electron chi connectivity index (χ1n) is 11.7. The normalized spacial score (nSPS) is 17.2. The number of amides is 1. The van der Waals surface area contributed by atoms with Gasteiger partial charge in [0, 0.05) is 42.2 Å². The second-order valence-corrected chi connectivity index (χ2v) is 10.3. The van der Waals surface area contributed by atoms with Gasteiger partial charge in [0.1, 0.15) is 0 Å². The summed E-state index contributed by atoms with van der Waals surface area (Å²) in [4.78, 5) is 17.8. The van der Waals surface area contributed by atoms with Crippen LogP contribution in [0.25, 0.3) is 0 Å². The molecule has 6 nitrogen and oxygen atoms in total. The predicted octanol–water partition coefficient (Wildman–Crippen LogP) is 6.41. The van der Waals surface area contributed by atoms with Crippen LogP contribution < -0.4 is 14.2 Å². The fourth-order valence-electron chi connectivity index (χ4n) is 4.87. The molecule has 1 heterocycles. The Labute approximate surface area is 232 Å². The number of ether oxygens (including phenoxy) is 3. The maximum Gasteiger partial charge on any atom is 0.254 e. The second kappa shape index (κ2) is 11.8. The van der Waals surface area contributed by atoms with E-state index in [1.807, 2.05) is 41.3 Å². The molecular formula is C28H29Cl3N2O4. The van der Waals surface area contributed by atoms with Crippen LogP contribution in [0.1, 0.15) is 27.4 Å². The first-order chi connectivity index (χ1) is 17.7. The summed E-state index contributed by atoms with van der Waals surface area (Å²) in [6.07, 6.45) is 0. The Morgan fingerprint density at radius 2 is 1.54 bits per heavy atom. The minimum atomic E-state index is -0.108. The zero-order valence-corrected chi connectivity index (χ0v) is 23.4. The monoisotopic (exact) mass is 562 g/mol. The van der Waals surface area contributed by atoms with Crippen molar-refractivity contribution in [3.05, 3.63) is 86.4 Å². The van der Waals surface area contributed by atoms with Crippen LogP contribution in [0.2, 0.25) is 15.1 Å². The van der Waals surface area contributed by atoms with Crippen molar-refractivity contribution in [3.63, 3.8) is 0 Å². The van der Waals surface area contributed by atoms with E-state index in [0.29, 0.717) is 57.5 Å². The number of likely N-dealkylation sites (N-methyl/N-ethyl adjacent to an activating group) is 1. The van der Waals surface area contributed by atoms with Gasteiger partial charge in [0.25, 0.3) is 5.91 Å². The van der Waals surface area contributed by atoms with Crippen LogP contribution in [-0.4, -0.2) is 63.2 Å². The lowest BCUT2D eigenvalue weighted by Gasteiger charge is -2.29. The molecule has 1 aliphatic heterocycles. The first kappa shape index (κ1) is 27.4. The lowest BCUT2D eigenvalue weighted by atomic mass is 9.93. The number of hydrogen-bond acceptors (Lipinski definition) is 5. The van der Waals surface area contributed by atoms with Crippen molar-refractivity contribution in [2.45, 2.75) is 18.5 Å². The topological polar surface area (TPSA) is 51.2 Å². The van der Waals surface area contributed by atoms with E-state index >= 15 is 0 Å². The third-order valence-electron chi connectivity index (χ3n) is 6.77. The lowest BCUT2D eigenvalue weighted by molar-refractivity contribution is 0.0778. The fraction of sp³-hybridized carbons (Fsp3) is 0.321. The maximum atomic E-state index is 13.7. The summed E-state index contributed by atoms with van der Waals surface area (Å²) in [5.41, 5.74) is 2.63. The average Bonchev–Trinajstić information content (AvgIpc) is 3.35. The Morgan fingerprint density at radius 1 is 0.892 bits per heavy atom. The van der Waals surface area contributed by atoms with Crippen LogP contribution in [0.3, 0.4) is 0 Å². The first-order valence-corrected chi connectivity index (χ1v) is 12.9. The largest absolute Gasteiger partial charge is 0.493 e. The zero-order valence-electron chi connectivity index (χ0n) is 21.1. The molecule has 0 aliphatic carbocycles. The van der Waals surface area contributed by atoms with Gasteiger partial charge in [-0.3, -0.25) is 9.69 Å². The standard InChI is InChI=1S/C28H29Cl3N2O4/c1-32(14-17-5-10-22(30)23(31)11-17)24-16-33(15-21(24)18-6-8-20(29)9-7-18)28(34)19-12-25(35-2)27(37-4)26(13-19)36-3/h5-13,21,24H,14-16H2,1-4H3/t21-,24?/m1/s1. The van der Waals surface area contributed by atoms with Crippen molar-refractivity contribution in [3.8, 4) is 17.2 Å². The van der Waals surface area contributed by atoms with Crippen LogP contribution in [0.15, 0.2) is 54.6 Å². The highest BCUT2D eigenvalue weighted by Gasteiger charge is 2.39. The van der Waals surface area contributed by atoms with Gasteiger partial charge in [0.15, 0.2) is 11.5 Å². The van der Waals surface area contributed by atoms with Crippen molar-refractivity contribution in [1.29, 1.82) is 0 Å². The highest BCUT2D eigenvalue weighted by Crippen LogP contribution is 2.40. The Hall–Kier alpha value is -2.64. The summed E-state index contributed by atoms with van der Waals surface area (Å²) in [5.74, 6) is 1.29. The van der Waals surface area contributed by atoms with Crippen LogP contribution in [0.5, 0.6) is 17.2 Å². The molecule has 4 rings (SSSR count). The van der Waals surface area contributed by atoms with E-state index < -0.39 is 0 Å². The van der Waals surface area contributed by atoms with Gasteiger partial charge in [-0.05, 0) is 54.6 Å². The van der Waals surface area contributed by atoms with Gasteiger partial charge in [-0.25, -0.2) is 0 Å². The molecule has 0 saturated carbocycles. The van der Waals surface area contributed by atoms with E-state index in [1.54, 1.807) is 18.2 Å². The zero-order chi connectivity index (χ0) is 26.7. The van der Waals surface area contributed by atoms with E-state index in [0.717, 1.165) is 11.1 Å². The number of methoxy groups -OCH3 is 3. The van der Waals surface area contributed by atoms with Gasteiger partial charge in [-0.15, -0.1) is 0 Å². The molecule has 196 valence electrons. The summed E-state index contributed by atoms with van der Waals surface area (Å²) >= 11 is 18.5. The van der Waals surface area contributed by atoms with Crippen molar-refractivity contribution < 1.29 is 19.0 Å². The molecular weight excluding hydrogens is 535 g/mol. The van der Waals surface area contributed by atoms with Crippen LogP contribution >= 0.6 is 34.8 Å². The highest BCUT2D eigenvalue weighted by molar-refractivity contribution is 6.42. The molecule has 9 heteroatoms. The molecule has 1 aliphatic rings. The summed E-state index contributed by atoms with van der Waals surface area (Å²) < 4.78 is 16.3. The maximum absolute atomic E-state index is 13.7. The number of hydrogen-bond donors (Lipinski definition) is 0. The number of rotatable bonds is 8. The quantitative estimate of drug-likeness (QED) is 0.317. The molecule has 0 radical (unpaired) electrons. The van der Waals surface area contributed by atoms with Gasteiger partial charge in [-0.1, -0.05) is 53.0 Å². The molecule has 1 saturated heterocycles. The lowest BCUT2D eigenvalue weighted by Crippen LogP contribution is -2.38. The molecule has 0 bridgehead atoms. The number of carbonyl (C=O) groups excluding carboxylic acids is 1. The van der Waals surface area contributed by atoms with Gasteiger partial charge in [0.2, 0.25) is 5.75 Å². The smallest absolute Gasteiger partial charge is 0.254 e. The van der Waals surface area contributed by atoms with E-state index in [1.165, 1.54) is 21.3 Å². The van der Waals surface area contributed by atoms with Crippen LogP contribution in [0, 0.1) is 0 Å². The molecule has 1 unspecified atom stereocenters. The Balaban J connectivity index is 1.64. The molecule has 0 spiro atoms. The third-order valence-corrected chi connectivity index (χ3v) is 7.76. The fourth-order valence-corrected chi connectivity index (χ4v) is 5.31. The van der Waals surface area contributed by atoms with Crippen molar-refractivity contribution in [1.82, 2.24) is 9.80 Å². The van der Waals surface area contributed by atoms with Gasteiger partial charge in [0.05, 0.1) is 31.4 Å². The summed E-state index contributed by atoms with van der Waals surface area (Å²) in [6.45, 7) is 1.74. The summed E-state index contributed by atoms with van der Waals surface area (Å²) in [5, 5.41) is 1.72. The number of likely N-dealkylation sites (tertiary alicyclic amines) is 1. The van der Waals surface area contributed by atoms with Crippen LogP contribution in [0.4, 0.5) is 0 Å². The molecule has 1 amide bonds. The van der Waals surface area contributed by atoms with E-state index in [9.17, 15) is 4.79 Å². The highest BCUT2D eigenvalue weighted by atomic mass is 35.5. The Bertz CT molecular complexity index is 1240. The van der Waals surface area contributed by atoms with E-state index in [-0.39, 0.29) is 17.9 Å². The molecule has 1 fully saturated rings. The molecule has 2 atom stereocenters. The Kier molecular flexibility index (Phi) is 8.75. The second-order valence-electron chi connectivity index (χ2n) is 9.01. The number of nitrogens with zero attached hydrogens (tertiary/aromatic N) is 2. The minimum absolute atomic E-state index is 0.0571. The van der Waals surface area contributed by atoms with Gasteiger partial charge < -0.3 is 19.1 Å². The van der Waals surface area contributed by atoms with Gasteiger partial charge in [-0.2, -0.15) is 0 Å². The molecule has 0 N–H and O–H groups in total. The van der Waals surface area contributed by atoms with Gasteiger partial charge >= 0.3 is 0 Å². The molecule has 37 heavy (non-hydrogen) atoms. The molecule has 0 aromatic heterocycles. The summed E-state index contributed by atoms with van der Waals surface area (Å²) in [6, 6.07) is 16.9. The van der Waals surface area contributed by atoms with E-state index in [2.05, 4.69) is 11.9 Å². The Morgan fingerprint density at radius 3 is 2.11 bits per heavy atom. The van der Waals surface area contributed by atoms with Crippen LogP contribution in [-0.2, 0) is 6.54 Å².